The molecule has 0 saturated heterocycles. The van der Waals surface area contributed by atoms with Gasteiger partial charge in [-0.15, -0.1) is 11.6 Å². The van der Waals surface area contributed by atoms with Crippen LogP contribution in [0.1, 0.15) is 24.5 Å². The van der Waals surface area contributed by atoms with Crippen LogP contribution in [0.4, 0.5) is 0 Å². The van der Waals surface area contributed by atoms with Crippen LogP contribution in [0.5, 0.6) is 0 Å². The topological polar surface area (TPSA) is 20.3 Å². The number of aryl methyl sites for hydroxylation is 2. The predicted octanol–water partition coefficient (Wildman–Crippen LogP) is 3.01. The molecule has 0 aliphatic rings. The van der Waals surface area contributed by atoms with Crippen LogP contribution in [0, 0.1) is 6.92 Å². The molecule has 0 saturated carbocycles. The average molecular weight is 254 g/mol. The van der Waals surface area contributed by atoms with Gasteiger partial charge in [0.15, 0.2) is 0 Å². The minimum Gasteiger partial charge on any atom is -0.344 e. The smallest absolute Gasteiger partial charge is 0.222 e. The van der Waals surface area contributed by atoms with Gasteiger partial charge in [-0.3, -0.25) is 4.79 Å². The lowest BCUT2D eigenvalue weighted by atomic mass is 10.1. The summed E-state index contributed by atoms with van der Waals surface area (Å²) in [6.45, 7) is 4.56. The zero-order chi connectivity index (χ0) is 12.8. The molecule has 1 aromatic rings. The number of hydrogen-bond acceptors (Lipinski definition) is 1. The van der Waals surface area contributed by atoms with E-state index in [2.05, 4.69) is 25.1 Å². The molecule has 1 aromatic carbocycles. The maximum atomic E-state index is 11.8. The summed E-state index contributed by atoms with van der Waals surface area (Å²) in [4.78, 5) is 13.5. The van der Waals surface area contributed by atoms with Crippen LogP contribution in [0.25, 0.3) is 0 Å². The van der Waals surface area contributed by atoms with Gasteiger partial charge in [0.05, 0.1) is 0 Å². The summed E-state index contributed by atoms with van der Waals surface area (Å²) >= 11 is 5.86. The van der Waals surface area contributed by atoms with Gasteiger partial charge in [0.1, 0.15) is 0 Å². The zero-order valence-corrected chi connectivity index (χ0v) is 11.5. The van der Waals surface area contributed by atoms with Crippen LogP contribution in [0.15, 0.2) is 24.3 Å². The summed E-state index contributed by atoms with van der Waals surface area (Å²) in [5.74, 6) is 0.152. The molecule has 1 atom stereocenters. The highest BCUT2D eigenvalue weighted by atomic mass is 35.5. The van der Waals surface area contributed by atoms with E-state index in [9.17, 15) is 4.79 Å². The van der Waals surface area contributed by atoms with E-state index in [4.69, 9.17) is 11.6 Å². The van der Waals surface area contributed by atoms with E-state index in [-0.39, 0.29) is 11.3 Å². The molecule has 0 fully saturated rings. The number of halogens is 1. The van der Waals surface area contributed by atoms with Crippen molar-refractivity contribution < 1.29 is 4.79 Å². The molecule has 1 rings (SSSR count). The standard InChI is InChI=1S/C14H20ClNO/c1-11-5-4-6-13(9-11)7-8-14(17)16(3)10-12(2)15/h4-6,9,12H,7-8,10H2,1-3H3. The van der Waals surface area contributed by atoms with E-state index in [1.807, 2.05) is 13.0 Å². The molecule has 0 bridgehead atoms. The van der Waals surface area contributed by atoms with Crippen LogP contribution in [-0.2, 0) is 11.2 Å². The summed E-state index contributed by atoms with van der Waals surface area (Å²) in [5.41, 5.74) is 2.45. The minimum atomic E-state index is 0.00270. The predicted molar refractivity (Wildman–Crippen MR) is 72.5 cm³/mol. The molecule has 2 nitrogen and oxygen atoms in total. The molecule has 94 valence electrons. The molecule has 3 heteroatoms. The highest BCUT2D eigenvalue weighted by Gasteiger charge is 2.10. The lowest BCUT2D eigenvalue weighted by Crippen LogP contribution is -2.31. The molecule has 1 amide bonds. The van der Waals surface area contributed by atoms with E-state index in [0.717, 1.165) is 6.42 Å². The summed E-state index contributed by atoms with van der Waals surface area (Å²) in [7, 11) is 1.80. The SMILES string of the molecule is Cc1cccc(CCC(=O)N(C)CC(C)Cl)c1. The van der Waals surface area contributed by atoms with Crippen molar-refractivity contribution in [1.29, 1.82) is 0 Å². The van der Waals surface area contributed by atoms with Gasteiger partial charge in [-0.2, -0.15) is 0 Å². The second-order valence-corrected chi connectivity index (χ2v) is 5.29. The number of carbonyl (C=O) groups excluding carboxylic acids is 1. The Labute approximate surface area is 109 Å². The fourth-order valence-electron chi connectivity index (χ4n) is 1.79. The van der Waals surface area contributed by atoms with Gasteiger partial charge in [0.25, 0.3) is 0 Å². The van der Waals surface area contributed by atoms with Crippen LogP contribution < -0.4 is 0 Å². The molecule has 0 aliphatic heterocycles. The van der Waals surface area contributed by atoms with Gasteiger partial charge in [-0.25, -0.2) is 0 Å². The number of rotatable bonds is 5. The number of carbonyl (C=O) groups is 1. The van der Waals surface area contributed by atoms with Crippen LogP contribution in [0.2, 0.25) is 0 Å². The maximum Gasteiger partial charge on any atom is 0.222 e. The first-order valence-electron chi connectivity index (χ1n) is 5.92. The first-order valence-corrected chi connectivity index (χ1v) is 6.36. The van der Waals surface area contributed by atoms with Crippen molar-refractivity contribution >= 4 is 17.5 Å². The number of hydrogen-bond donors (Lipinski definition) is 0. The van der Waals surface area contributed by atoms with Crippen molar-refractivity contribution in [1.82, 2.24) is 4.90 Å². The minimum absolute atomic E-state index is 0.00270. The molecule has 0 spiro atoms. The van der Waals surface area contributed by atoms with Crippen LogP contribution >= 0.6 is 11.6 Å². The van der Waals surface area contributed by atoms with Gasteiger partial charge >= 0.3 is 0 Å². The Morgan fingerprint density at radius 2 is 2.18 bits per heavy atom. The normalized spacial score (nSPS) is 12.2. The van der Waals surface area contributed by atoms with Crippen LogP contribution in [0.3, 0.4) is 0 Å². The first-order chi connectivity index (χ1) is 7.99. The molecule has 0 aliphatic carbocycles. The summed E-state index contributed by atoms with van der Waals surface area (Å²) in [6, 6.07) is 8.27. The second-order valence-electron chi connectivity index (χ2n) is 4.54. The van der Waals surface area contributed by atoms with Crippen molar-refractivity contribution in [3.8, 4) is 0 Å². The van der Waals surface area contributed by atoms with Gasteiger partial charge in [0, 0.05) is 25.4 Å². The number of benzene rings is 1. The Morgan fingerprint density at radius 3 is 2.76 bits per heavy atom. The molecule has 0 N–H and O–H groups in total. The van der Waals surface area contributed by atoms with E-state index in [1.54, 1.807) is 11.9 Å². The number of amides is 1. The second kappa shape index (κ2) is 6.65. The molecular weight excluding hydrogens is 234 g/mol. The van der Waals surface area contributed by atoms with Gasteiger partial charge in [0.2, 0.25) is 5.91 Å². The van der Waals surface area contributed by atoms with Gasteiger partial charge < -0.3 is 4.90 Å². The Morgan fingerprint density at radius 1 is 1.47 bits per heavy atom. The van der Waals surface area contributed by atoms with Crippen molar-refractivity contribution in [3.05, 3.63) is 35.4 Å². The van der Waals surface area contributed by atoms with E-state index >= 15 is 0 Å². The number of nitrogens with zero attached hydrogens (tertiary/aromatic N) is 1. The Balaban J connectivity index is 2.43. The Kier molecular flexibility index (Phi) is 5.49. The fraction of sp³-hybridized carbons (Fsp3) is 0.500. The molecule has 1 unspecified atom stereocenters. The molecule has 0 aromatic heterocycles. The molecule has 0 heterocycles. The van der Waals surface area contributed by atoms with Crippen molar-refractivity contribution in [3.63, 3.8) is 0 Å². The van der Waals surface area contributed by atoms with E-state index in [0.29, 0.717) is 13.0 Å². The average Bonchev–Trinajstić information content (AvgIpc) is 2.25. The third-order valence-electron chi connectivity index (χ3n) is 2.66. The third-order valence-corrected chi connectivity index (χ3v) is 2.80. The lowest BCUT2D eigenvalue weighted by molar-refractivity contribution is -0.129. The monoisotopic (exact) mass is 253 g/mol. The van der Waals surface area contributed by atoms with E-state index < -0.39 is 0 Å². The van der Waals surface area contributed by atoms with Gasteiger partial charge in [-0.05, 0) is 25.8 Å². The van der Waals surface area contributed by atoms with Crippen molar-refractivity contribution in [2.24, 2.45) is 0 Å². The summed E-state index contributed by atoms with van der Waals surface area (Å²) in [6.07, 6.45) is 1.34. The zero-order valence-electron chi connectivity index (χ0n) is 10.7. The molecule has 0 radical (unpaired) electrons. The van der Waals surface area contributed by atoms with Gasteiger partial charge in [-0.1, -0.05) is 29.8 Å². The highest BCUT2D eigenvalue weighted by molar-refractivity contribution is 6.20. The molecular formula is C14H20ClNO. The Bertz CT molecular complexity index is 376. The quantitative estimate of drug-likeness (QED) is 0.739. The van der Waals surface area contributed by atoms with E-state index in [1.165, 1.54) is 11.1 Å². The number of alkyl halides is 1. The van der Waals surface area contributed by atoms with Crippen molar-refractivity contribution in [2.75, 3.05) is 13.6 Å². The largest absolute Gasteiger partial charge is 0.344 e. The molecule has 17 heavy (non-hydrogen) atoms. The van der Waals surface area contributed by atoms with Crippen molar-refractivity contribution in [2.45, 2.75) is 32.1 Å². The van der Waals surface area contributed by atoms with Crippen LogP contribution in [-0.4, -0.2) is 29.8 Å². The summed E-state index contributed by atoms with van der Waals surface area (Å²) in [5, 5.41) is 0.00270. The lowest BCUT2D eigenvalue weighted by Gasteiger charge is -2.18. The summed E-state index contributed by atoms with van der Waals surface area (Å²) < 4.78 is 0. The third kappa shape index (κ3) is 5.22. The highest BCUT2D eigenvalue weighted by Crippen LogP contribution is 2.08. The first kappa shape index (κ1) is 14.0. The fourth-order valence-corrected chi connectivity index (χ4v) is 2.00. The Hall–Kier alpha value is -1.02. The maximum absolute atomic E-state index is 11.8.